The van der Waals surface area contributed by atoms with Crippen LogP contribution in [0.15, 0.2) is 34.9 Å². The van der Waals surface area contributed by atoms with Crippen LogP contribution in [0.4, 0.5) is 5.69 Å². The number of benzene rings is 2. The summed E-state index contributed by atoms with van der Waals surface area (Å²) in [5, 5.41) is 9.02. The molecule has 1 fully saturated rings. The lowest BCUT2D eigenvalue weighted by Gasteiger charge is -2.18. The van der Waals surface area contributed by atoms with Gasteiger partial charge in [0.2, 0.25) is 11.8 Å². The fraction of sp³-hybridized carbons (Fsp3) is 0.188. The van der Waals surface area contributed by atoms with Gasteiger partial charge in [0.1, 0.15) is 5.69 Å². The first kappa shape index (κ1) is 12.8. The lowest BCUT2D eigenvalue weighted by molar-refractivity contribution is -0.134. The molecule has 6 heteroatoms. The molecule has 0 radical (unpaired) electrons. The maximum absolute atomic E-state index is 12.0. The van der Waals surface area contributed by atoms with E-state index >= 15 is 0 Å². The van der Waals surface area contributed by atoms with Gasteiger partial charge < -0.3 is 10.3 Å². The molecule has 6 nitrogen and oxygen atoms in total. The van der Waals surface area contributed by atoms with E-state index < -0.39 is 5.92 Å². The Hall–Kier alpha value is -2.89. The second-order valence-electron chi connectivity index (χ2n) is 5.49. The van der Waals surface area contributed by atoms with Crippen molar-refractivity contribution in [2.75, 3.05) is 5.73 Å². The maximum Gasteiger partial charge on any atom is 0.235 e. The number of fused-ring (bicyclic) bond motifs is 2. The monoisotopic (exact) mass is 295 g/mol. The van der Waals surface area contributed by atoms with Crippen LogP contribution in [0.3, 0.4) is 0 Å². The first-order valence-electron chi connectivity index (χ1n) is 7.05. The molecule has 2 aromatic carbocycles. The predicted octanol–water partition coefficient (Wildman–Crippen LogP) is 2.08. The van der Waals surface area contributed by atoms with Crippen molar-refractivity contribution in [2.45, 2.75) is 18.8 Å². The van der Waals surface area contributed by atoms with Crippen LogP contribution in [-0.2, 0) is 9.59 Å². The maximum atomic E-state index is 12.0. The molecule has 3 N–H and O–H groups in total. The molecule has 4 rings (SSSR count). The third-order valence-electron chi connectivity index (χ3n) is 4.10. The molecule has 1 unspecified atom stereocenters. The van der Waals surface area contributed by atoms with Crippen molar-refractivity contribution in [1.82, 2.24) is 10.5 Å². The van der Waals surface area contributed by atoms with Crippen molar-refractivity contribution >= 4 is 39.2 Å². The molecule has 1 aliphatic heterocycles. The lowest BCUT2D eigenvalue weighted by Crippen LogP contribution is -2.39. The molecule has 1 atom stereocenters. The van der Waals surface area contributed by atoms with Gasteiger partial charge in [-0.25, -0.2) is 0 Å². The highest BCUT2D eigenvalue weighted by atomic mass is 16.5. The molecular weight excluding hydrogens is 282 g/mol. The van der Waals surface area contributed by atoms with E-state index in [1.807, 2.05) is 30.3 Å². The Morgan fingerprint density at radius 3 is 2.91 bits per heavy atom. The van der Waals surface area contributed by atoms with Gasteiger partial charge in [-0.15, -0.1) is 0 Å². The number of carbonyl (C=O) groups is 2. The number of amides is 2. The van der Waals surface area contributed by atoms with Crippen molar-refractivity contribution in [3.05, 3.63) is 36.0 Å². The van der Waals surface area contributed by atoms with E-state index in [9.17, 15) is 9.59 Å². The number of anilines is 1. The SMILES string of the molecule is Nc1cccc2cc3onc(C4CCC(=O)NC4=O)c3cc12. The Kier molecular flexibility index (Phi) is 2.66. The van der Waals surface area contributed by atoms with E-state index in [1.165, 1.54) is 0 Å². The van der Waals surface area contributed by atoms with Gasteiger partial charge in [-0.2, -0.15) is 0 Å². The van der Waals surface area contributed by atoms with E-state index in [1.54, 1.807) is 0 Å². The van der Waals surface area contributed by atoms with Gasteiger partial charge in [-0.1, -0.05) is 17.3 Å². The highest BCUT2D eigenvalue weighted by molar-refractivity contribution is 6.05. The second kappa shape index (κ2) is 4.56. The molecule has 0 aliphatic carbocycles. The average molecular weight is 295 g/mol. The summed E-state index contributed by atoms with van der Waals surface area (Å²) in [6, 6.07) is 9.41. The van der Waals surface area contributed by atoms with Crippen molar-refractivity contribution in [3.8, 4) is 0 Å². The molecule has 1 saturated heterocycles. The van der Waals surface area contributed by atoms with E-state index in [2.05, 4.69) is 10.5 Å². The van der Waals surface area contributed by atoms with Gasteiger partial charge in [-0.05, 0) is 30.0 Å². The molecular formula is C16H13N3O3. The van der Waals surface area contributed by atoms with Crippen LogP contribution in [0.2, 0.25) is 0 Å². The minimum Gasteiger partial charge on any atom is -0.398 e. The minimum absolute atomic E-state index is 0.247. The average Bonchev–Trinajstić information content (AvgIpc) is 2.89. The van der Waals surface area contributed by atoms with Gasteiger partial charge in [0.05, 0.1) is 5.92 Å². The van der Waals surface area contributed by atoms with E-state index in [4.69, 9.17) is 10.3 Å². The molecule has 0 saturated carbocycles. The van der Waals surface area contributed by atoms with Crippen LogP contribution in [0.5, 0.6) is 0 Å². The topological polar surface area (TPSA) is 98.2 Å². The third kappa shape index (κ3) is 1.84. The summed E-state index contributed by atoms with van der Waals surface area (Å²) in [5.41, 5.74) is 7.85. The van der Waals surface area contributed by atoms with Gasteiger partial charge in [-0.3, -0.25) is 14.9 Å². The van der Waals surface area contributed by atoms with Gasteiger partial charge in [0.25, 0.3) is 0 Å². The highest BCUT2D eigenvalue weighted by Gasteiger charge is 2.31. The molecule has 1 aromatic heterocycles. The predicted molar refractivity (Wildman–Crippen MR) is 81.1 cm³/mol. The Morgan fingerprint density at radius 1 is 1.23 bits per heavy atom. The standard InChI is InChI=1S/C16H13N3O3/c17-12-3-1-2-8-6-13-11(7-10(8)12)15(19-22-13)9-4-5-14(20)18-16(9)21/h1-3,6-7,9H,4-5,17H2,(H,18,20,21). The number of hydrogen-bond donors (Lipinski definition) is 2. The number of nitrogens with one attached hydrogen (secondary N) is 1. The number of nitrogen functional groups attached to an aromatic ring is 1. The van der Waals surface area contributed by atoms with Crippen molar-refractivity contribution in [2.24, 2.45) is 0 Å². The summed E-state index contributed by atoms with van der Waals surface area (Å²) in [6.07, 6.45) is 0.745. The summed E-state index contributed by atoms with van der Waals surface area (Å²) in [7, 11) is 0. The van der Waals surface area contributed by atoms with Crippen LogP contribution in [0.25, 0.3) is 21.7 Å². The molecule has 110 valence electrons. The zero-order chi connectivity index (χ0) is 15.3. The summed E-state index contributed by atoms with van der Waals surface area (Å²) >= 11 is 0. The van der Waals surface area contributed by atoms with E-state index in [0.29, 0.717) is 29.8 Å². The Balaban J connectivity index is 1.90. The fourth-order valence-electron chi connectivity index (χ4n) is 2.96. The number of rotatable bonds is 1. The van der Waals surface area contributed by atoms with E-state index in [-0.39, 0.29) is 11.8 Å². The van der Waals surface area contributed by atoms with Gasteiger partial charge in [0.15, 0.2) is 5.58 Å². The van der Waals surface area contributed by atoms with Gasteiger partial charge in [0, 0.05) is 22.9 Å². The van der Waals surface area contributed by atoms with Crippen LogP contribution in [0, 0.1) is 0 Å². The number of nitrogens with two attached hydrogens (primary N) is 1. The molecule has 2 amide bonds. The molecule has 1 aliphatic rings. The quantitative estimate of drug-likeness (QED) is 0.529. The zero-order valence-electron chi connectivity index (χ0n) is 11.6. The highest BCUT2D eigenvalue weighted by Crippen LogP contribution is 2.34. The normalized spacial score (nSPS) is 18.8. The van der Waals surface area contributed by atoms with E-state index in [0.717, 1.165) is 16.2 Å². The first-order chi connectivity index (χ1) is 10.6. The van der Waals surface area contributed by atoms with Crippen LogP contribution in [0.1, 0.15) is 24.5 Å². The summed E-state index contributed by atoms with van der Waals surface area (Å²) < 4.78 is 5.37. The molecule has 22 heavy (non-hydrogen) atoms. The first-order valence-corrected chi connectivity index (χ1v) is 7.05. The number of piperidine rings is 1. The van der Waals surface area contributed by atoms with Crippen LogP contribution in [-0.4, -0.2) is 17.0 Å². The third-order valence-corrected chi connectivity index (χ3v) is 4.10. The van der Waals surface area contributed by atoms with Crippen molar-refractivity contribution < 1.29 is 14.1 Å². The second-order valence-corrected chi connectivity index (χ2v) is 5.49. The number of carbonyl (C=O) groups excluding carboxylic acids is 2. The molecule has 0 bridgehead atoms. The number of hydrogen-bond acceptors (Lipinski definition) is 5. The number of imide groups is 1. The van der Waals surface area contributed by atoms with Crippen LogP contribution >= 0.6 is 0 Å². The number of nitrogens with zero attached hydrogens (tertiary/aromatic N) is 1. The molecule has 2 heterocycles. The van der Waals surface area contributed by atoms with Crippen molar-refractivity contribution in [1.29, 1.82) is 0 Å². The zero-order valence-corrected chi connectivity index (χ0v) is 11.6. The molecule has 0 spiro atoms. The minimum atomic E-state index is -0.471. The number of aromatic nitrogens is 1. The Morgan fingerprint density at radius 2 is 2.09 bits per heavy atom. The summed E-state index contributed by atoms with van der Waals surface area (Å²) in [4.78, 5) is 23.3. The van der Waals surface area contributed by atoms with Crippen LogP contribution < -0.4 is 11.1 Å². The Bertz CT molecular complexity index is 929. The fourth-order valence-corrected chi connectivity index (χ4v) is 2.96. The molecule has 3 aromatic rings. The van der Waals surface area contributed by atoms with Crippen molar-refractivity contribution in [3.63, 3.8) is 0 Å². The largest absolute Gasteiger partial charge is 0.398 e. The summed E-state index contributed by atoms with van der Waals surface area (Å²) in [6.45, 7) is 0. The lowest BCUT2D eigenvalue weighted by atomic mass is 9.92. The Labute approximate surface area is 125 Å². The summed E-state index contributed by atoms with van der Waals surface area (Å²) in [5.74, 6) is -1.04. The van der Waals surface area contributed by atoms with Gasteiger partial charge >= 0.3 is 0 Å². The smallest absolute Gasteiger partial charge is 0.235 e.